The van der Waals surface area contributed by atoms with Crippen LogP contribution < -0.4 is 0 Å². The van der Waals surface area contributed by atoms with Crippen molar-refractivity contribution in [1.82, 2.24) is 0 Å². The van der Waals surface area contributed by atoms with Gasteiger partial charge in [0.25, 0.3) is 0 Å². The van der Waals surface area contributed by atoms with Crippen molar-refractivity contribution in [1.29, 1.82) is 0 Å². The molecule has 3 heteroatoms. The van der Waals surface area contributed by atoms with E-state index in [4.69, 9.17) is 14.5 Å². The van der Waals surface area contributed by atoms with E-state index in [0.29, 0.717) is 6.10 Å². The minimum absolute atomic E-state index is 0.234. The van der Waals surface area contributed by atoms with Gasteiger partial charge in [-0.1, -0.05) is 0 Å². The maximum atomic E-state index is 5.72. The fourth-order valence-corrected chi connectivity index (χ4v) is 3.33. The van der Waals surface area contributed by atoms with Crippen molar-refractivity contribution in [2.45, 2.75) is 32.0 Å². The molecule has 3 fully saturated rings. The number of ether oxygens (including phenoxy) is 1. The monoisotopic (exact) mass is 184 g/mol. The summed E-state index contributed by atoms with van der Waals surface area (Å²) in [7, 11) is 0. The van der Waals surface area contributed by atoms with Crippen LogP contribution in [0.3, 0.4) is 0 Å². The Hall–Kier alpha value is -0.120. The molecule has 0 spiro atoms. The van der Waals surface area contributed by atoms with Crippen molar-refractivity contribution in [2.75, 3.05) is 13.2 Å². The molecule has 1 saturated heterocycles. The van der Waals surface area contributed by atoms with Gasteiger partial charge in [0, 0.05) is 6.61 Å². The Labute approximate surface area is 78.3 Å². The third kappa shape index (κ3) is 1.07. The second kappa shape index (κ2) is 2.94. The molecule has 2 saturated carbocycles. The average Bonchev–Trinajstić information content (AvgIpc) is 2.67. The van der Waals surface area contributed by atoms with Gasteiger partial charge >= 0.3 is 0 Å². The standard InChI is InChI=1S/C10H16O3/c1-2-11-9-6-3-7-5-12-13-10(9)8(7)4-6/h6-10H,2-5H2,1H3. The highest BCUT2D eigenvalue weighted by Crippen LogP contribution is 2.52. The third-order valence-electron chi connectivity index (χ3n) is 3.82. The molecule has 5 unspecified atom stereocenters. The molecule has 3 rings (SSSR count). The number of fused-ring (bicyclic) bond motifs is 1. The van der Waals surface area contributed by atoms with Gasteiger partial charge in [-0.05, 0) is 37.5 Å². The van der Waals surface area contributed by atoms with E-state index >= 15 is 0 Å². The predicted octanol–water partition coefficient (Wildman–Crippen LogP) is 1.38. The molecule has 3 nitrogen and oxygen atoms in total. The summed E-state index contributed by atoms with van der Waals surface area (Å²) in [6.07, 6.45) is 3.13. The number of rotatable bonds is 2. The van der Waals surface area contributed by atoms with Gasteiger partial charge in [-0.15, -0.1) is 0 Å². The average molecular weight is 184 g/mol. The van der Waals surface area contributed by atoms with Crippen LogP contribution in [0.15, 0.2) is 0 Å². The zero-order valence-electron chi connectivity index (χ0n) is 7.94. The maximum Gasteiger partial charge on any atom is 0.122 e. The summed E-state index contributed by atoms with van der Waals surface area (Å²) in [5, 5.41) is 0. The maximum absolute atomic E-state index is 5.72. The van der Waals surface area contributed by atoms with Crippen LogP contribution >= 0.6 is 0 Å². The van der Waals surface area contributed by atoms with Crippen molar-refractivity contribution in [3.8, 4) is 0 Å². The zero-order chi connectivity index (χ0) is 8.84. The van der Waals surface area contributed by atoms with Gasteiger partial charge in [-0.2, -0.15) is 0 Å². The summed E-state index contributed by atoms with van der Waals surface area (Å²) in [6.45, 7) is 3.64. The van der Waals surface area contributed by atoms with E-state index in [1.165, 1.54) is 12.8 Å². The zero-order valence-corrected chi connectivity index (χ0v) is 7.94. The van der Waals surface area contributed by atoms with E-state index in [2.05, 4.69) is 0 Å². The molecule has 74 valence electrons. The van der Waals surface area contributed by atoms with E-state index in [1.54, 1.807) is 0 Å². The Morgan fingerprint density at radius 2 is 2.23 bits per heavy atom. The van der Waals surface area contributed by atoms with E-state index in [1.807, 2.05) is 6.92 Å². The van der Waals surface area contributed by atoms with Crippen molar-refractivity contribution in [3.05, 3.63) is 0 Å². The van der Waals surface area contributed by atoms with Crippen LogP contribution in [0.2, 0.25) is 0 Å². The first kappa shape index (κ1) is 8.21. The molecule has 2 bridgehead atoms. The Morgan fingerprint density at radius 3 is 3.08 bits per heavy atom. The van der Waals surface area contributed by atoms with Gasteiger partial charge in [-0.3, -0.25) is 0 Å². The molecule has 0 aromatic heterocycles. The van der Waals surface area contributed by atoms with E-state index < -0.39 is 0 Å². The summed E-state index contributed by atoms with van der Waals surface area (Å²) < 4.78 is 5.72. The lowest BCUT2D eigenvalue weighted by atomic mass is 9.85. The molecular weight excluding hydrogens is 168 g/mol. The molecule has 1 aliphatic heterocycles. The topological polar surface area (TPSA) is 27.7 Å². The number of hydrogen-bond donors (Lipinski definition) is 0. The van der Waals surface area contributed by atoms with Crippen LogP contribution in [0, 0.1) is 17.8 Å². The minimum atomic E-state index is 0.234. The normalized spacial score (nSPS) is 52.8. The molecule has 2 aliphatic carbocycles. The van der Waals surface area contributed by atoms with Crippen molar-refractivity contribution in [3.63, 3.8) is 0 Å². The Bertz CT molecular complexity index is 202. The Balaban J connectivity index is 1.79. The highest BCUT2D eigenvalue weighted by Gasteiger charge is 2.56. The van der Waals surface area contributed by atoms with Gasteiger partial charge in [-0.25, -0.2) is 9.78 Å². The van der Waals surface area contributed by atoms with Gasteiger partial charge < -0.3 is 4.74 Å². The lowest BCUT2D eigenvalue weighted by Crippen LogP contribution is -2.45. The molecule has 0 amide bonds. The second-order valence-corrected chi connectivity index (χ2v) is 4.42. The highest BCUT2D eigenvalue weighted by molar-refractivity contribution is 5.03. The van der Waals surface area contributed by atoms with Crippen molar-refractivity contribution < 1.29 is 14.5 Å². The summed E-state index contributed by atoms with van der Waals surface area (Å²) in [5.74, 6) is 2.21. The van der Waals surface area contributed by atoms with Gasteiger partial charge in [0.2, 0.25) is 0 Å². The van der Waals surface area contributed by atoms with Crippen LogP contribution in [0.5, 0.6) is 0 Å². The lowest BCUT2D eigenvalue weighted by molar-refractivity contribution is -0.385. The summed E-state index contributed by atoms with van der Waals surface area (Å²) in [5.41, 5.74) is 0. The predicted molar refractivity (Wildman–Crippen MR) is 45.9 cm³/mol. The molecule has 0 aromatic rings. The molecule has 13 heavy (non-hydrogen) atoms. The molecule has 3 aliphatic rings. The van der Waals surface area contributed by atoms with Crippen LogP contribution in [-0.2, 0) is 14.5 Å². The Kier molecular flexibility index (Phi) is 1.86. The van der Waals surface area contributed by atoms with Crippen molar-refractivity contribution >= 4 is 0 Å². The van der Waals surface area contributed by atoms with Gasteiger partial charge in [0.05, 0.1) is 12.7 Å². The molecule has 0 radical (unpaired) electrons. The summed E-state index contributed by atoms with van der Waals surface area (Å²) >= 11 is 0. The first-order valence-corrected chi connectivity index (χ1v) is 5.30. The fourth-order valence-electron chi connectivity index (χ4n) is 3.33. The van der Waals surface area contributed by atoms with Crippen LogP contribution in [0.4, 0.5) is 0 Å². The SMILES string of the molecule is CCOC1C2CC3COOC1C3C2. The molecule has 5 atom stereocenters. The fraction of sp³-hybridized carbons (Fsp3) is 1.00. The minimum Gasteiger partial charge on any atom is -0.375 e. The molecular formula is C10H16O3. The van der Waals surface area contributed by atoms with Crippen LogP contribution in [0.1, 0.15) is 19.8 Å². The molecule has 0 N–H and O–H groups in total. The summed E-state index contributed by atoms with van der Waals surface area (Å²) in [4.78, 5) is 10.5. The first-order chi connectivity index (χ1) is 6.40. The quantitative estimate of drug-likeness (QED) is 0.607. The molecule has 0 aromatic carbocycles. The van der Waals surface area contributed by atoms with Crippen molar-refractivity contribution in [2.24, 2.45) is 17.8 Å². The largest absolute Gasteiger partial charge is 0.375 e. The number of hydrogen-bond acceptors (Lipinski definition) is 3. The lowest BCUT2D eigenvalue weighted by Gasteiger charge is -2.38. The Morgan fingerprint density at radius 1 is 1.31 bits per heavy atom. The van der Waals surface area contributed by atoms with Gasteiger partial charge in [0.15, 0.2) is 0 Å². The van der Waals surface area contributed by atoms with Crippen LogP contribution in [0.25, 0.3) is 0 Å². The van der Waals surface area contributed by atoms with Gasteiger partial charge in [0.1, 0.15) is 6.10 Å². The highest BCUT2D eigenvalue weighted by atomic mass is 17.2. The van der Waals surface area contributed by atoms with E-state index in [-0.39, 0.29) is 6.10 Å². The molecule has 1 heterocycles. The second-order valence-electron chi connectivity index (χ2n) is 4.42. The third-order valence-corrected chi connectivity index (χ3v) is 3.82. The van der Waals surface area contributed by atoms with Crippen LogP contribution in [-0.4, -0.2) is 25.4 Å². The first-order valence-electron chi connectivity index (χ1n) is 5.30. The smallest absolute Gasteiger partial charge is 0.122 e. The van der Waals surface area contributed by atoms with E-state index in [0.717, 1.165) is 31.0 Å². The summed E-state index contributed by atoms with van der Waals surface area (Å²) in [6, 6.07) is 0. The van der Waals surface area contributed by atoms with E-state index in [9.17, 15) is 0 Å².